The first-order valence-corrected chi connectivity index (χ1v) is 13.7. The number of amides is 1. The Morgan fingerprint density at radius 2 is 2.00 bits per heavy atom. The fraction of sp³-hybridized carbons (Fsp3) is 0.520. The number of thiophene rings is 1. The van der Waals surface area contributed by atoms with Gasteiger partial charge in [0.2, 0.25) is 5.91 Å². The molecule has 0 aromatic carbocycles. The lowest BCUT2D eigenvalue weighted by Gasteiger charge is -2.44. The van der Waals surface area contributed by atoms with Gasteiger partial charge in [0.1, 0.15) is 4.83 Å². The molecule has 1 aliphatic heterocycles. The van der Waals surface area contributed by atoms with Gasteiger partial charge in [0.15, 0.2) is 5.16 Å². The Kier molecular flexibility index (Phi) is 6.56. The molecular weight excluding hydrogens is 452 g/mol. The molecular formula is C25H30N4O2S2. The highest BCUT2D eigenvalue weighted by molar-refractivity contribution is 7.99. The van der Waals surface area contributed by atoms with Crippen LogP contribution in [-0.2, 0) is 11.3 Å². The second kappa shape index (κ2) is 9.58. The van der Waals surface area contributed by atoms with Crippen LogP contribution in [0.5, 0.6) is 0 Å². The van der Waals surface area contributed by atoms with E-state index in [1.807, 2.05) is 32.0 Å². The summed E-state index contributed by atoms with van der Waals surface area (Å²) in [4.78, 5) is 40.1. The van der Waals surface area contributed by atoms with Crippen molar-refractivity contribution in [1.29, 1.82) is 0 Å². The third-order valence-corrected chi connectivity index (χ3v) is 9.25. The zero-order chi connectivity index (χ0) is 22.9. The standard InChI is InChI=1S/C25H30N4O2S2/c1-16-17(2)33-23-22(16)24(31)29(14-19-10-5-6-12-26-19)25(27-23)32-15-21(30)28-13-7-9-18-8-3-4-11-20(18)28/h5-6,10,12,18,20H,3-4,7-9,11,13-15H2,1-2H3. The van der Waals surface area contributed by atoms with Gasteiger partial charge in [-0.05, 0) is 63.1 Å². The summed E-state index contributed by atoms with van der Waals surface area (Å²) >= 11 is 2.94. The highest BCUT2D eigenvalue weighted by Crippen LogP contribution is 2.36. The van der Waals surface area contributed by atoms with Crippen molar-refractivity contribution in [3.05, 3.63) is 50.9 Å². The molecule has 3 aromatic heterocycles. The molecule has 8 heteroatoms. The minimum absolute atomic E-state index is 0.0484. The fourth-order valence-corrected chi connectivity index (χ4v) is 7.31. The van der Waals surface area contributed by atoms with Crippen molar-refractivity contribution in [3.63, 3.8) is 0 Å². The van der Waals surface area contributed by atoms with Crippen LogP contribution in [0, 0.1) is 19.8 Å². The first kappa shape index (κ1) is 22.6. The Labute approximate surface area is 202 Å². The smallest absolute Gasteiger partial charge is 0.263 e. The molecule has 1 aliphatic carbocycles. The maximum absolute atomic E-state index is 13.5. The first-order valence-electron chi connectivity index (χ1n) is 11.9. The lowest BCUT2D eigenvalue weighted by molar-refractivity contribution is -0.134. The summed E-state index contributed by atoms with van der Waals surface area (Å²) < 4.78 is 1.70. The van der Waals surface area contributed by atoms with Gasteiger partial charge in [0.25, 0.3) is 5.56 Å². The fourth-order valence-electron chi connectivity index (χ4n) is 5.36. The molecule has 174 valence electrons. The predicted molar refractivity (Wildman–Crippen MR) is 134 cm³/mol. The number of carbonyl (C=O) groups is 1. The third-order valence-electron chi connectivity index (χ3n) is 7.19. The van der Waals surface area contributed by atoms with Gasteiger partial charge in [-0.25, -0.2) is 4.98 Å². The molecule has 2 fully saturated rings. The van der Waals surface area contributed by atoms with E-state index in [-0.39, 0.29) is 11.5 Å². The average molecular weight is 483 g/mol. The van der Waals surface area contributed by atoms with E-state index in [0.717, 1.165) is 40.4 Å². The van der Waals surface area contributed by atoms with Crippen LogP contribution in [0.15, 0.2) is 34.3 Å². The zero-order valence-electron chi connectivity index (χ0n) is 19.2. The SMILES string of the molecule is Cc1sc2nc(SCC(=O)N3CCCC4CCCCC43)n(Cc3ccccn3)c(=O)c2c1C. The first-order chi connectivity index (χ1) is 16.0. The molecule has 0 spiro atoms. The number of nitrogens with zero attached hydrogens (tertiary/aromatic N) is 4. The zero-order valence-corrected chi connectivity index (χ0v) is 20.9. The summed E-state index contributed by atoms with van der Waals surface area (Å²) in [5.74, 6) is 1.15. The van der Waals surface area contributed by atoms with Gasteiger partial charge in [0, 0.05) is 23.7 Å². The Bertz CT molecular complexity index is 1220. The Morgan fingerprint density at radius 3 is 2.82 bits per heavy atom. The molecule has 5 rings (SSSR count). The van der Waals surface area contributed by atoms with E-state index in [0.29, 0.717) is 34.8 Å². The van der Waals surface area contributed by atoms with Crippen molar-refractivity contribution in [3.8, 4) is 0 Å². The number of thioether (sulfide) groups is 1. The largest absolute Gasteiger partial charge is 0.339 e. The van der Waals surface area contributed by atoms with E-state index < -0.39 is 0 Å². The summed E-state index contributed by atoms with van der Waals surface area (Å²) in [6, 6.07) is 6.10. The van der Waals surface area contributed by atoms with Crippen LogP contribution in [0.2, 0.25) is 0 Å². The van der Waals surface area contributed by atoms with Crippen molar-refractivity contribution < 1.29 is 4.79 Å². The number of carbonyl (C=O) groups excluding carboxylic acids is 1. The number of piperidine rings is 1. The molecule has 4 heterocycles. The lowest BCUT2D eigenvalue weighted by atomic mass is 9.78. The van der Waals surface area contributed by atoms with Gasteiger partial charge in [-0.15, -0.1) is 11.3 Å². The average Bonchev–Trinajstić information content (AvgIpc) is 3.13. The molecule has 0 radical (unpaired) electrons. The van der Waals surface area contributed by atoms with E-state index in [1.165, 1.54) is 37.4 Å². The van der Waals surface area contributed by atoms with Gasteiger partial charge in [-0.2, -0.15) is 0 Å². The molecule has 0 N–H and O–H groups in total. The number of fused-ring (bicyclic) bond motifs is 2. The van der Waals surface area contributed by atoms with Crippen molar-refractivity contribution in [2.45, 2.75) is 70.1 Å². The van der Waals surface area contributed by atoms with Crippen LogP contribution in [-0.4, -0.2) is 43.7 Å². The number of aromatic nitrogens is 3. The van der Waals surface area contributed by atoms with Crippen LogP contribution in [0.1, 0.15) is 54.7 Å². The van der Waals surface area contributed by atoms with Crippen molar-refractivity contribution in [2.75, 3.05) is 12.3 Å². The van der Waals surface area contributed by atoms with Gasteiger partial charge in [-0.1, -0.05) is 30.7 Å². The Balaban J connectivity index is 1.43. The summed E-state index contributed by atoms with van der Waals surface area (Å²) in [5.41, 5.74) is 1.75. The molecule has 3 aromatic rings. The van der Waals surface area contributed by atoms with Crippen LogP contribution >= 0.6 is 23.1 Å². The third kappa shape index (κ3) is 4.47. The van der Waals surface area contributed by atoms with Crippen molar-refractivity contribution in [1.82, 2.24) is 19.4 Å². The van der Waals surface area contributed by atoms with E-state index in [9.17, 15) is 9.59 Å². The highest BCUT2D eigenvalue weighted by atomic mass is 32.2. The predicted octanol–water partition coefficient (Wildman–Crippen LogP) is 4.79. The van der Waals surface area contributed by atoms with Crippen LogP contribution in [0.4, 0.5) is 0 Å². The minimum Gasteiger partial charge on any atom is -0.339 e. The summed E-state index contributed by atoms with van der Waals surface area (Å²) in [6.07, 6.45) is 8.97. The maximum Gasteiger partial charge on any atom is 0.263 e. The number of likely N-dealkylation sites (tertiary alicyclic amines) is 1. The number of aryl methyl sites for hydroxylation is 2. The molecule has 2 atom stereocenters. The topological polar surface area (TPSA) is 68.1 Å². The lowest BCUT2D eigenvalue weighted by Crippen LogP contribution is -2.50. The molecule has 2 aliphatic rings. The van der Waals surface area contributed by atoms with Gasteiger partial charge >= 0.3 is 0 Å². The monoisotopic (exact) mass is 482 g/mol. The van der Waals surface area contributed by atoms with Crippen molar-refractivity contribution in [2.24, 2.45) is 5.92 Å². The normalized spacial score (nSPS) is 20.7. The van der Waals surface area contributed by atoms with E-state index in [1.54, 1.807) is 22.1 Å². The summed E-state index contributed by atoms with van der Waals surface area (Å²) in [5, 5.41) is 1.29. The second-order valence-corrected chi connectivity index (χ2v) is 11.3. The maximum atomic E-state index is 13.5. The Hall–Kier alpha value is -2.19. The van der Waals surface area contributed by atoms with Crippen LogP contribution in [0.3, 0.4) is 0 Å². The molecule has 0 bridgehead atoms. The van der Waals surface area contributed by atoms with Gasteiger partial charge in [0.05, 0.1) is 23.4 Å². The second-order valence-electron chi connectivity index (χ2n) is 9.20. The van der Waals surface area contributed by atoms with E-state index in [4.69, 9.17) is 4.98 Å². The molecule has 2 unspecified atom stereocenters. The summed E-state index contributed by atoms with van der Waals surface area (Å²) in [7, 11) is 0. The number of hydrogen-bond acceptors (Lipinski definition) is 6. The minimum atomic E-state index is -0.0484. The van der Waals surface area contributed by atoms with Crippen LogP contribution < -0.4 is 5.56 Å². The molecule has 1 saturated carbocycles. The quantitative estimate of drug-likeness (QED) is 0.386. The number of hydrogen-bond donors (Lipinski definition) is 0. The number of pyridine rings is 1. The number of rotatable bonds is 5. The van der Waals surface area contributed by atoms with Crippen molar-refractivity contribution >= 4 is 39.2 Å². The highest BCUT2D eigenvalue weighted by Gasteiger charge is 2.35. The van der Waals surface area contributed by atoms with Gasteiger partial charge < -0.3 is 4.90 Å². The summed E-state index contributed by atoms with van der Waals surface area (Å²) in [6.45, 7) is 5.21. The Morgan fingerprint density at radius 1 is 1.18 bits per heavy atom. The molecule has 1 amide bonds. The van der Waals surface area contributed by atoms with Gasteiger partial charge in [-0.3, -0.25) is 19.1 Å². The van der Waals surface area contributed by atoms with E-state index >= 15 is 0 Å². The molecule has 33 heavy (non-hydrogen) atoms. The molecule has 6 nitrogen and oxygen atoms in total. The van der Waals surface area contributed by atoms with E-state index in [2.05, 4.69) is 9.88 Å². The molecule has 1 saturated heterocycles. The van der Waals surface area contributed by atoms with Crippen LogP contribution in [0.25, 0.3) is 10.2 Å².